The first kappa shape index (κ1) is 12.3. The predicted molar refractivity (Wildman–Crippen MR) is 57.2 cm³/mol. The minimum absolute atomic E-state index is 0.0403. The zero-order valence-electron chi connectivity index (χ0n) is 9.32. The highest BCUT2D eigenvalue weighted by molar-refractivity contribution is 5.91. The van der Waals surface area contributed by atoms with Crippen molar-refractivity contribution in [2.45, 2.75) is 32.7 Å². The molecule has 1 aromatic rings. The standard InChI is InChI=1S/C11H15NO4/c1-7(3-6-10(13)14)12-11(15)9-5-4-8(2)16-9/h4-5,7H,3,6H2,1-2H3,(H,12,15)(H,13,14). The Bertz CT molecular complexity index is 383. The number of carboxylic acid groups (broad SMARTS) is 1. The van der Waals surface area contributed by atoms with E-state index in [1.165, 1.54) is 0 Å². The van der Waals surface area contributed by atoms with Crippen molar-refractivity contribution in [3.8, 4) is 0 Å². The lowest BCUT2D eigenvalue weighted by Gasteiger charge is -2.11. The summed E-state index contributed by atoms with van der Waals surface area (Å²) in [6.45, 7) is 3.52. The van der Waals surface area contributed by atoms with Crippen molar-refractivity contribution in [3.05, 3.63) is 23.7 Å². The molecule has 5 nitrogen and oxygen atoms in total. The smallest absolute Gasteiger partial charge is 0.303 e. The van der Waals surface area contributed by atoms with Crippen LogP contribution < -0.4 is 5.32 Å². The second-order valence-electron chi connectivity index (χ2n) is 3.72. The molecule has 0 aromatic carbocycles. The fourth-order valence-corrected chi connectivity index (χ4v) is 1.26. The Labute approximate surface area is 93.4 Å². The van der Waals surface area contributed by atoms with Crippen molar-refractivity contribution >= 4 is 11.9 Å². The van der Waals surface area contributed by atoms with E-state index in [0.717, 1.165) is 0 Å². The van der Waals surface area contributed by atoms with Crippen LogP contribution in [0.2, 0.25) is 0 Å². The Morgan fingerprint density at radius 1 is 1.50 bits per heavy atom. The third kappa shape index (κ3) is 3.76. The summed E-state index contributed by atoms with van der Waals surface area (Å²) >= 11 is 0. The Hall–Kier alpha value is -1.78. The molecule has 0 fully saturated rings. The number of hydrogen-bond acceptors (Lipinski definition) is 3. The van der Waals surface area contributed by atoms with Gasteiger partial charge in [0.05, 0.1) is 0 Å². The number of furan rings is 1. The number of rotatable bonds is 5. The molecule has 1 amide bonds. The number of aliphatic carboxylic acids is 1. The van der Waals surface area contributed by atoms with Gasteiger partial charge in [-0.25, -0.2) is 0 Å². The molecule has 1 rings (SSSR count). The van der Waals surface area contributed by atoms with Crippen LogP contribution >= 0.6 is 0 Å². The monoisotopic (exact) mass is 225 g/mol. The number of carbonyl (C=O) groups is 2. The molecule has 16 heavy (non-hydrogen) atoms. The molecule has 0 saturated carbocycles. The number of carboxylic acids is 1. The fraction of sp³-hybridized carbons (Fsp3) is 0.455. The van der Waals surface area contributed by atoms with Crippen molar-refractivity contribution in [2.24, 2.45) is 0 Å². The highest BCUT2D eigenvalue weighted by Gasteiger charge is 2.13. The molecule has 1 atom stereocenters. The summed E-state index contributed by atoms with van der Waals surface area (Å²) in [5, 5.41) is 11.2. The van der Waals surface area contributed by atoms with Crippen LogP contribution in [0.25, 0.3) is 0 Å². The lowest BCUT2D eigenvalue weighted by atomic mass is 10.2. The van der Waals surface area contributed by atoms with Crippen LogP contribution in [0.4, 0.5) is 0 Å². The maximum atomic E-state index is 11.6. The van der Waals surface area contributed by atoms with Crippen LogP contribution in [0.5, 0.6) is 0 Å². The molecule has 5 heteroatoms. The van der Waals surface area contributed by atoms with E-state index in [2.05, 4.69) is 5.32 Å². The molecule has 1 unspecified atom stereocenters. The van der Waals surface area contributed by atoms with E-state index in [4.69, 9.17) is 9.52 Å². The molecule has 0 bridgehead atoms. The highest BCUT2D eigenvalue weighted by Crippen LogP contribution is 2.07. The van der Waals surface area contributed by atoms with Crippen LogP contribution in [-0.4, -0.2) is 23.0 Å². The Morgan fingerprint density at radius 2 is 2.19 bits per heavy atom. The number of carbonyl (C=O) groups excluding carboxylic acids is 1. The summed E-state index contributed by atoms with van der Waals surface area (Å²) in [4.78, 5) is 21.9. The maximum absolute atomic E-state index is 11.6. The van der Waals surface area contributed by atoms with Crippen LogP contribution in [-0.2, 0) is 4.79 Å². The molecule has 1 aromatic heterocycles. The van der Waals surface area contributed by atoms with E-state index in [1.807, 2.05) is 0 Å². The van der Waals surface area contributed by atoms with Crippen LogP contribution in [0.15, 0.2) is 16.5 Å². The quantitative estimate of drug-likeness (QED) is 0.797. The van der Waals surface area contributed by atoms with Crippen molar-refractivity contribution < 1.29 is 19.1 Å². The Balaban J connectivity index is 2.42. The molecule has 0 radical (unpaired) electrons. The van der Waals surface area contributed by atoms with E-state index in [0.29, 0.717) is 12.2 Å². The molecule has 88 valence electrons. The van der Waals surface area contributed by atoms with Gasteiger partial charge in [-0.2, -0.15) is 0 Å². The summed E-state index contributed by atoms with van der Waals surface area (Å²) in [6, 6.07) is 3.11. The van der Waals surface area contributed by atoms with E-state index < -0.39 is 5.97 Å². The van der Waals surface area contributed by atoms with Gasteiger partial charge in [0.15, 0.2) is 5.76 Å². The van der Waals surface area contributed by atoms with Gasteiger partial charge in [-0.1, -0.05) is 0 Å². The van der Waals surface area contributed by atoms with E-state index >= 15 is 0 Å². The van der Waals surface area contributed by atoms with E-state index in [-0.39, 0.29) is 24.1 Å². The average Bonchev–Trinajstić information content (AvgIpc) is 2.62. The topological polar surface area (TPSA) is 79.5 Å². The third-order valence-electron chi connectivity index (χ3n) is 2.13. The van der Waals surface area contributed by atoms with Crippen molar-refractivity contribution in [1.29, 1.82) is 0 Å². The zero-order chi connectivity index (χ0) is 12.1. The Kier molecular flexibility index (Phi) is 4.10. The first-order valence-corrected chi connectivity index (χ1v) is 5.08. The van der Waals surface area contributed by atoms with Gasteiger partial charge >= 0.3 is 5.97 Å². The molecule has 0 saturated heterocycles. The van der Waals surface area contributed by atoms with Gasteiger partial charge in [-0.15, -0.1) is 0 Å². The summed E-state index contributed by atoms with van der Waals surface area (Å²) in [6.07, 6.45) is 0.444. The van der Waals surface area contributed by atoms with Gasteiger partial charge in [0.2, 0.25) is 0 Å². The van der Waals surface area contributed by atoms with Gasteiger partial charge in [0.1, 0.15) is 5.76 Å². The molecule has 0 aliphatic heterocycles. The lowest BCUT2D eigenvalue weighted by molar-refractivity contribution is -0.137. The first-order chi connectivity index (χ1) is 7.49. The van der Waals surface area contributed by atoms with Crippen molar-refractivity contribution in [3.63, 3.8) is 0 Å². The largest absolute Gasteiger partial charge is 0.481 e. The van der Waals surface area contributed by atoms with Crippen LogP contribution in [0, 0.1) is 6.92 Å². The molecular weight excluding hydrogens is 210 g/mol. The summed E-state index contributed by atoms with van der Waals surface area (Å²) in [5.74, 6) is -0.260. The number of nitrogens with one attached hydrogen (secondary N) is 1. The minimum Gasteiger partial charge on any atom is -0.481 e. The Morgan fingerprint density at radius 3 is 2.69 bits per heavy atom. The van der Waals surface area contributed by atoms with Gasteiger partial charge in [0, 0.05) is 12.5 Å². The summed E-state index contributed by atoms with van der Waals surface area (Å²) < 4.78 is 5.14. The molecule has 0 aliphatic carbocycles. The zero-order valence-corrected chi connectivity index (χ0v) is 9.32. The highest BCUT2D eigenvalue weighted by atomic mass is 16.4. The van der Waals surface area contributed by atoms with Gasteiger partial charge < -0.3 is 14.8 Å². The summed E-state index contributed by atoms with van der Waals surface area (Å²) in [7, 11) is 0. The van der Waals surface area contributed by atoms with Gasteiger partial charge in [-0.05, 0) is 32.4 Å². The van der Waals surface area contributed by atoms with Crippen molar-refractivity contribution in [1.82, 2.24) is 5.32 Å². The van der Waals surface area contributed by atoms with Gasteiger partial charge in [-0.3, -0.25) is 9.59 Å². The normalized spacial score (nSPS) is 12.1. The number of amides is 1. The SMILES string of the molecule is Cc1ccc(C(=O)NC(C)CCC(=O)O)o1. The molecule has 0 aliphatic rings. The van der Waals surface area contributed by atoms with Crippen LogP contribution in [0.3, 0.4) is 0 Å². The summed E-state index contributed by atoms with van der Waals surface area (Å²) in [5.41, 5.74) is 0. The maximum Gasteiger partial charge on any atom is 0.303 e. The van der Waals surface area contributed by atoms with E-state index in [9.17, 15) is 9.59 Å². The first-order valence-electron chi connectivity index (χ1n) is 5.08. The average molecular weight is 225 g/mol. The molecular formula is C11H15NO4. The molecule has 2 N–H and O–H groups in total. The van der Waals surface area contributed by atoms with E-state index in [1.54, 1.807) is 26.0 Å². The van der Waals surface area contributed by atoms with Crippen LogP contribution in [0.1, 0.15) is 36.1 Å². The second kappa shape index (κ2) is 5.34. The number of hydrogen-bond donors (Lipinski definition) is 2. The molecule has 0 spiro atoms. The minimum atomic E-state index is -0.866. The fourth-order valence-electron chi connectivity index (χ4n) is 1.26. The van der Waals surface area contributed by atoms with Gasteiger partial charge in [0.25, 0.3) is 5.91 Å². The third-order valence-corrected chi connectivity index (χ3v) is 2.13. The number of aryl methyl sites for hydroxylation is 1. The lowest BCUT2D eigenvalue weighted by Crippen LogP contribution is -2.32. The molecule has 1 heterocycles. The predicted octanol–water partition coefficient (Wildman–Crippen LogP) is 1.57. The van der Waals surface area contributed by atoms with Crippen molar-refractivity contribution in [2.75, 3.05) is 0 Å². The second-order valence-corrected chi connectivity index (χ2v) is 3.72.